The van der Waals surface area contributed by atoms with Crippen molar-refractivity contribution in [1.29, 1.82) is 0 Å². The van der Waals surface area contributed by atoms with E-state index >= 15 is 0 Å². The lowest BCUT2D eigenvalue weighted by atomic mass is 9.98. The summed E-state index contributed by atoms with van der Waals surface area (Å²) in [6.45, 7) is 5.02. The predicted molar refractivity (Wildman–Crippen MR) is 64.5 cm³/mol. The zero-order valence-electron chi connectivity index (χ0n) is 9.90. The molecule has 1 aromatic rings. The van der Waals surface area contributed by atoms with E-state index in [1.807, 2.05) is 18.2 Å². The molecule has 1 amide bonds. The summed E-state index contributed by atoms with van der Waals surface area (Å²) in [5.41, 5.74) is 1.30. The van der Waals surface area contributed by atoms with Gasteiger partial charge in [0, 0.05) is 6.54 Å². The van der Waals surface area contributed by atoms with E-state index in [4.69, 9.17) is 4.74 Å². The van der Waals surface area contributed by atoms with Crippen molar-refractivity contribution in [2.45, 2.75) is 26.2 Å². The maximum atomic E-state index is 11.0. The van der Waals surface area contributed by atoms with Gasteiger partial charge in [0.05, 0.1) is 6.61 Å². The Morgan fingerprint density at radius 2 is 2.06 bits per heavy atom. The molecule has 0 bridgehead atoms. The molecule has 0 aliphatic rings. The average Bonchev–Trinajstić information content (AvgIpc) is 2.30. The van der Waals surface area contributed by atoms with Crippen molar-refractivity contribution in [3.8, 4) is 0 Å². The fourth-order valence-corrected chi connectivity index (χ4v) is 1.52. The smallest absolute Gasteiger partial charge is 0.407 e. The van der Waals surface area contributed by atoms with E-state index < -0.39 is 0 Å². The molecule has 1 unspecified atom stereocenters. The van der Waals surface area contributed by atoms with Gasteiger partial charge in [0.1, 0.15) is 0 Å². The average molecular weight is 221 g/mol. The minimum atomic E-state index is -0.331. The van der Waals surface area contributed by atoms with Gasteiger partial charge in [0.15, 0.2) is 0 Å². The molecule has 3 nitrogen and oxygen atoms in total. The second-order valence-electron chi connectivity index (χ2n) is 3.75. The first-order chi connectivity index (χ1) is 7.74. The van der Waals surface area contributed by atoms with Crippen LogP contribution < -0.4 is 5.32 Å². The molecule has 0 spiro atoms. The van der Waals surface area contributed by atoms with Crippen molar-refractivity contribution >= 4 is 6.09 Å². The molecule has 0 aliphatic carbocycles. The van der Waals surface area contributed by atoms with E-state index in [0.717, 1.165) is 6.42 Å². The third-order valence-corrected chi connectivity index (χ3v) is 2.49. The van der Waals surface area contributed by atoms with Gasteiger partial charge in [0.25, 0.3) is 0 Å². The molecule has 0 radical (unpaired) electrons. The highest BCUT2D eigenvalue weighted by atomic mass is 16.5. The van der Waals surface area contributed by atoms with E-state index in [1.165, 1.54) is 5.56 Å². The van der Waals surface area contributed by atoms with Gasteiger partial charge in [-0.25, -0.2) is 4.79 Å². The number of hydrogen-bond acceptors (Lipinski definition) is 2. The Balaban J connectivity index is 2.26. The number of ether oxygens (including phenoxy) is 1. The molecule has 0 saturated carbocycles. The predicted octanol–water partition coefficient (Wildman–Crippen LogP) is 2.93. The molecule has 0 aliphatic heterocycles. The summed E-state index contributed by atoms with van der Waals surface area (Å²) in [4.78, 5) is 11.0. The lowest BCUT2D eigenvalue weighted by Gasteiger charge is -2.12. The van der Waals surface area contributed by atoms with E-state index in [-0.39, 0.29) is 6.09 Å². The van der Waals surface area contributed by atoms with Crippen LogP contribution in [0.25, 0.3) is 0 Å². The number of benzene rings is 1. The molecule has 1 aromatic carbocycles. The summed E-state index contributed by atoms with van der Waals surface area (Å²) in [6.07, 6.45) is 0.589. The minimum Gasteiger partial charge on any atom is -0.450 e. The lowest BCUT2D eigenvalue weighted by Crippen LogP contribution is -2.26. The highest BCUT2D eigenvalue weighted by molar-refractivity contribution is 5.66. The zero-order valence-corrected chi connectivity index (χ0v) is 9.90. The minimum absolute atomic E-state index is 0.331. The van der Waals surface area contributed by atoms with Crippen LogP contribution in [0, 0.1) is 0 Å². The quantitative estimate of drug-likeness (QED) is 0.830. The van der Waals surface area contributed by atoms with Crippen LogP contribution in [0.15, 0.2) is 30.3 Å². The van der Waals surface area contributed by atoms with E-state index in [0.29, 0.717) is 19.1 Å². The molecule has 0 heterocycles. The van der Waals surface area contributed by atoms with Crippen LogP contribution in [0.1, 0.15) is 31.7 Å². The number of carbonyl (C=O) groups is 1. The Morgan fingerprint density at radius 3 is 2.69 bits per heavy atom. The van der Waals surface area contributed by atoms with Crippen LogP contribution in [0.2, 0.25) is 0 Å². The number of nitrogens with one attached hydrogen (secondary N) is 1. The van der Waals surface area contributed by atoms with Gasteiger partial charge < -0.3 is 10.1 Å². The van der Waals surface area contributed by atoms with Crippen molar-refractivity contribution in [3.63, 3.8) is 0 Å². The number of hydrogen-bond donors (Lipinski definition) is 1. The number of amides is 1. The van der Waals surface area contributed by atoms with Crippen molar-refractivity contribution in [2.24, 2.45) is 0 Å². The molecule has 1 N–H and O–H groups in total. The molecular weight excluding hydrogens is 202 g/mol. The van der Waals surface area contributed by atoms with Crippen LogP contribution in [0.3, 0.4) is 0 Å². The summed E-state index contributed by atoms with van der Waals surface area (Å²) in [6, 6.07) is 10.3. The summed E-state index contributed by atoms with van der Waals surface area (Å²) >= 11 is 0. The summed E-state index contributed by atoms with van der Waals surface area (Å²) in [5, 5.41) is 2.72. The summed E-state index contributed by atoms with van der Waals surface area (Å²) < 4.78 is 4.78. The monoisotopic (exact) mass is 221 g/mol. The first-order valence-electron chi connectivity index (χ1n) is 5.69. The maximum Gasteiger partial charge on any atom is 0.407 e. The second kappa shape index (κ2) is 6.88. The third-order valence-electron chi connectivity index (χ3n) is 2.49. The van der Waals surface area contributed by atoms with E-state index in [2.05, 4.69) is 24.4 Å². The van der Waals surface area contributed by atoms with Gasteiger partial charge in [-0.05, 0) is 24.8 Å². The van der Waals surface area contributed by atoms with Crippen LogP contribution in [-0.2, 0) is 4.74 Å². The molecule has 88 valence electrons. The van der Waals surface area contributed by atoms with E-state index in [9.17, 15) is 4.79 Å². The summed E-state index contributed by atoms with van der Waals surface area (Å²) in [5.74, 6) is 0.447. The Labute approximate surface area is 96.8 Å². The molecule has 1 rings (SSSR count). The van der Waals surface area contributed by atoms with Crippen LogP contribution in [0.4, 0.5) is 4.79 Å². The van der Waals surface area contributed by atoms with Crippen LogP contribution in [-0.4, -0.2) is 19.2 Å². The standard InChI is InChI=1S/C13H19NO2/c1-3-16-13(15)14-10-9-11(2)12-7-5-4-6-8-12/h4-8,11H,3,9-10H2,1-2H3,(H,14,15). The van der Waals surface area contributed by atoms with Crippen molar-refractivity contribution in [1.82, 2.24) is 5.32 Å². The van der Waals surface area contributed by atoms with E-state index in [1.54, 1.807) is 6.92 Å². The maximum absolute atomic E-state index is 11.0. The van der Waals surface area contributed by atoms with Crippen LogP contribution >= 0.6 is 0 Å². The fraction of sp³-hybridized carbons (Fsp3) is 0.462. The Morgan fingerprint density at radius 1 is 1.38 bits per heavy atom. The fourth-order valence-electron chi connectivity index (χ4n) is 1.52. The first kappa shape index (κ1) is 12.6. The van der Waals surface area contributed by atoms with Crippen molar-refractivity contribution < 1.29 is 9.53 Å². The second-order valence-corrected chi connectivity index (χ2v) is 3.75. The lowest BCUT2D eigenvalue weighted by molar-refractivity contribution is 0.152. The Kier molecular flexibility index (Phi) is 5.40. The largest absolute Gasteiger partial charge is 0.450 e. The Bertz CT molecular complexity index is 311. The van der Waals surface area contributed by atoms with Crippen molar-refractivity contribution in [2.75, 3.05) is 13.2 Å². The van der Waals surface area contributed by atoms with Gasteiger partial charge in [-0.15, -0.1) is 0 Å². The van der Waals surface area contributed by atoms with Crippen LogP contribution in [0.5, 0.6) is 0 Å². The molecule has 0 saturated heterocycles. The van der Waals surface area contributed by atoms with Gasteiger partial charge >= 0.3 is 6.09 Å². The molecule has 1 atom stereocenters. The number of rotatable bonds is 5. The molecule has 16 heavy (non-hydrogen) atoms. The van der Waals surface area contributed by atoms with Gasteiger partial charge in [-0.2, -0.15) is 0 Å². The number of carbonyl (C=O) groups excluding carboxylic acids is 1. The third kappa shape index (κ3) is 4.34. The topological polar surface area (TPSA) is 38.3 Å². The molecular formula is C13H19NO2. The van der Waals surface area contributed by atoms with Gasteiger partial charge in [-0.3, -0.25) is 0 Å². The normalized spacial score (nSPS) is 11.9. The molecule has 3 heteroatoms. The molecule has 0 aromatic heterocycles. The van der Waals surface area contributed by atoms with Gasteiger partial charge in [-0.1, -0.05) is 37.3 Å². The Hall–Kier alpha value is -1.51. The van der Waals surface area contributed by atoms with Gasteiger partial charge in [0.2, 0.25) is 0 Å². The summed E-state index contributed by atoms with van der Waals surface area (Å²) in [7, 11) is 0. The molecule has 0 fully saturated rings. The highest BCUT2D eigenvalue weighted by Gasteiger charge is 2.05. The zero-order chi connectivity index (χ0) is 11.8. The first-order valence-corrected chi connectivity index (χ1v) is 5.69. The number of alkyl carbamates (subject to hydrolysis) is 1. The highest BCUT2D eigenvalue weighted by Crippen LogP contribution is 2.17. The van der Waals surface area contributed by atoms with Crippen molar-refractivity contribution in [3.05, 3.63) is 35.9 Å². The SMILES string of the molecule is CCOC(=O)NCCC(C)c1ccccc1.